The van der Waals surface area contributed by atoms with Crippen LogP contribution in [0.25, 0.3) is 0 Å². The van der Waals surface area contributed by atoms with Crippen molar-refractivity contribution < 1.29 is 9.59 Å². The summed E-state index contributed by atoms with van der Waals surface area (Å²) in [5.74, 6) is -0.600. The Morgan fingerprint density at radius 1 is 1.21 bits per heavy atom. The maximum absolute atomic E-state index is 12.0. The zero-order valence-electron chi connectivity index (χ0n) is 13.3. The number of nitrogens with one attached hydrogen (secondary N) is 2. The van der Waals surface area contributed by atoms with Crippen molar-refractivity contribution in [2.75, 3.05) is 5.32 Å². The lowest BCUT2D eigenvalue weighted by Crippen LogP contribution is -2.21. The Bertz CT molecular complexity index is 775. The Kier molecular flexibility index (Phi) is 6.03. The molecule has 24 heavy (non-hydrogen) atoms. The van der Waals surface area contributed by atoms with Crippen molar-refractivity contribution in [3.63, 3.8) is 0 Å². The van der Waals surface area contributed by atoms with Crippen LogP contribution in [0.1, 0.15) is 29.3 Å². The molecule has 1 aromatic heterocycles. The summed E-state index contributed by atoms with van der Waals surface area (Å²) in [7, 11) is 0. The molecule has 2 aromatic rings. The van der Waals surface area contributed by atoms with E-state index in [1.807, 2.05) is 13.0 Å². The summed E-state index contributed by atoms with van der Waals surface area (Å²) in [6, 6.07) is 8.44. The van der Waals surface area contributed by atoms with Crippen molar-refractivity contribution in [1.29, 1.82) is 0 Å². The van der Waals surface area contributed by atoms with Crippen LogP contribution >= 0.6 is 11.6 Å². The average molecular weight is 345 g/mol. The summed E-state index contributed by atoms with van der Waals surface area (Å²) in [4.78, 5) is 27.6. The van der Waals surface area contributed by atoms with Crippen LogP contribution < -0.4 is 10.7 Å². The highest BCUT2D eigenvalue weighted by molar-refractivity contribution is 6.31. The lowest BCUT2D eigenvalue weighted by Gasteiger charge is -2.07. The van der Waals surface area contributed by atoms with Crippen molar-refractivity contribution in [1.82, 2.24) is 10.4 Å². The standard InChI is InChI=1S/C17H17ClN4O2/c1-11-3-4-14(10-15(11)18)20-16(23)9-12(2)21-22-17(24)13-5-7-19-8-6-13/h3-8,10H,9H2,1-2H3,(H,20,23)(H,22,24)/b21-12-. The van der Waals surface area contributed by atoms with Crippen LogP contribution in [-0.2, 0) is 4.79 Å². The number of aromatic nitrogens is 1. The van der Waals surface area contributed by atoms with Gasteiger partial charge in [0.05, 0.1) is 6.42 Å². The Balaban J connectivity index is 1.88. The van der Waals surface area contributed by atoms with E-state index < -0.39 is 0 Å². The van der Waals surface area contributed by atoms with Gasteiger partial charge in [0.15, 0.2) is 0 Å². The summed E-state index contributed by atoms with van der Waals surface area (Å²) in [5, 5.41) is 7.24. The largest absolute Gasteiger partial charge is 0.326 e. The maximum atomic E-state index is 12.0. The molecule has 0 aliphatic heterocycles. The topological polar surface area (TPSA) is 83.5 Å². The van der Waals surface area contributed by atoms with E-state index in [2.05, 4.69) is 20.8 Å². The molecule has 0 aliphatic carbocycles. The van der Waals surface area contributed by atoms with E-state index in [9.17, 15) is 9.59 Å². The lowest BCUT2D eigenvalue weighted by molar-refractivity contribution is -0.115. The van der Waals surface area contributed by atoms with Crippen molar-refractivity contribution >= 4 is 34.8 Å². The normalized spacial score (nSPS) is 11.0. The number of hydrogen-bond acceptors (Lipinski definition) is 4. The Hall–Kier alpha value is -2.73. The second-order valence-corrected chi connectivity index (χ2v) is 5.62. The van der Waals surface area contributed by atoms with Crippen molar-refractivity contribution in [2.45, 2.75) is 20.3 Å². The number of amides is 2. The number of nitrogens with zero attached hydrogens (tertiary/aromatic N) is 2. The van der Waals surface area contributed by atoms with Crippen LogP contribution in [0.2, 0.25) is 5.02 Å². The average Bonchev–Trinajstić information content (AvgIpc) is 2.56. The van der Waals surface area contributed by atoms with Gasteiger partial charge >= 0.3 is 0 Å². The number of hydrazone groups is 1. The van der Waals surface area contributed by atoms with Crippen LogP contribution in [0.3, 0.4) is 0 Å². The zero-order valence-corrected chi connectivity index (χ0v) is 14.1. The van der Waals surface area contributed by atoms with Gasteiger partial charge in [0.1, 0.15) is 0 Å². The number of aryl methyl sites for hydroxylation is 1. The van der Waals surface area contributed by atoms with Crippen LogP contribution in [0.4, 0.5) is 5.69 Å². The number of halogens is 1. The minimum absolute atomic E-state index is 0.0577. The fourth-order valence-electron chi connectivity index (χ4n) is 1.86. The van der Waals surface area contributed by atoms with Gasteiger partial charge in [0.25, 0.3) is 5.91 Å². The van der Waals surface area contributed by atoms with E-state index in [-0.39, 0.29) is 18.2 Å². The summed E-state index contributed by atoms with van der Waals surface area (Å²) in [6.45, 7) is 3.55. The van der Waals surface area contributed by atoms with E-state index in [1.165, 1.54) is 12.4 Å². The number of pyridine rings is 1. The number of hydrogen-bond donors (Lipinski definition) is 2. The molecule has 1 heterocycles. The smallest absolute Gasteiger partial charge is 0.271 e. The highest BCUT2D eigenvalue weighted by atomic mass is 35.5. The van der Waals surface area contributed by atoms with Crippen LogP contribution in [0.15, 0.2) is 47.8 Å². The van der Waals surface area contributed by atoms with Crippen molar-refractivity contribution in [2.24, 2.45) is 5.10 Å². The molecule has 0 spiro atoms. The molecule has 1 aromatic carbocycles. The molecule has 7 heteroatoms. The van der Waals surface area contributed by atoms with E-state index in [4.69, 9.17) is 11.6 Å². The maximum Gasteiger partial charge on any atom is 0.271 e. The molecule has 2 rings (SSSR count). The molecule has 2 N–H and O–H groups in total. The molecule has 0 saturated heterocycles. The van der Waals surface area contributed by atoms with Crippen LogP contribution in [-0.4, -0.2) is 22.5 Å². The molecule has 0 aliphatic rings. The van der Waals surface area contributed by atoms with Gasteiger partial charge in [-0.05, 0) is 43.7 Å². The first-order valence-corrected chi connectivity index (χ1v) is 7.63. The van der Waals surface area contributed by atoms with Gasteiger partial charge in [0.2, 0.25) is 5.91 Å². The Morgan fingerprint density at radius 3 is 2.58 bits per heavy atom. The molecular weight excluding hydrogens is 328 g/mol. The minimum Gasteiger partial charge on any atom is -0.326 e. The fourth-order valence-corrected chi connectivity index (χ4v) is 2.04. The lowest BCUT2D eigenvalue weighted by atomic mass is 10.2. The van der Waals surface area contributed by atoms with E-state index in [1.54, 1.807) is 31.2 Å². The highest BCUT2D eigenvalue weighted by Gasteiger charge is 2.07. The zero-order chi connectivity index (χ0) is 17.5. The summed E-state index contributed by atoms with van der Waals surface area (Å²) in [5.41, 5.74) is 4.88. The molecule has 0 radical (unpaired) electrons. The summed E-state index contributed by atoms with van der Waals surface area (Å²) < 4.78 is 0. The van der Waals surface area contributed by atoms with Gasteiger partial charge in [-0.3, -0.25) is 14.6 Å². The summed E-state index contributed by atoms with van der Waals surface area (Å²) in [6.07, 6.45) is 3.10. The minimum atomic E-state index is -0.359. The van der Waals surface area contributed by atoms with E-state index in [0.29, 0.717) is 22.0 Å². The van der Waals surface area contributed by atoms with Gasteiger partial charge in [0, 0.05) is 34.4 Å². The molecule has 0 fully saturated rings. The predicted octanol–water partition coefficient (Wildman–Crippen LogP) is 3.18. The molecule has 2 amide bonds. The second kappa shape index (κ2) is 8.21. The van der Waals surface area contributed by atoms with Crippen LogP contribution in [0, 0.1) is 6.92 Å². The third-order valence-corrected chi connectivity index (χ3v) is 3.57. The fraction of sp³-hybridized carbons (Fsp3) is 0.176. The van der Waals surface area contributed by atoms with Gasteiger partial charge in [-0.15, -0.1) is 0 Å². The van der Waals surface area contributed by atoms with E-state index in [0.717, 1.165) is 5.56 Å². The first-order chi connectivity index (χ1) is 11.5. The van der Waals surface area contributed by atoms with E-state index >= 15 is 0 Å². The number of benzene rings is 1. The van der Waals surface area contributed by atoms with Crippen LogP contribution in [0.5, 0.6) is 0 Å². The number of anilines is 1. The first kappa shape index (κ1) is 17.6. The Morgan fingerprint density at radius 2 is 1.92 bits per heavy atom. The third-order valence-electron chi connectivity index (χ3n) is 3.16. The quantitative estimate of drug-likeness (QED) is 0.645. The monoisotopic (exact) mass is 344 g/mol. The predicted molar refractivity (Wildman–Crippen MR) is 94.2 cm³/mol. The molecule has 6 nitrogen and oxygen atoms in total. The highest BCUT2D eigenvalue weighted by Crippen LogP contribution is 2.20. The van der Waals surface area contributed by atoms with Crippen molar-refractivity contribution in [3.05, 3.63) is 58.9 Å². The summed E-state index contributed by atoms with van der Waals surface area (Å²) >= 11 is 6.02. The molecular formula is C17H17ClN4O2. The van der Waals surface area contributed by atoms with Crippen molar-refractivity contribution in [3.8, 4) is 0 Å². The third kappa shape index (κ3) is 5.17. The molecule has 0 bridgehead atoms. The molecule has 124 valence electrons. The van der Waals surface area contributed by atoms with Gasteiger partial charge in [-0.1, -0.05) is 17.7 Å². The molecule has 0 unspecified atom stereocenters. The Labute approximate surface area is 144 Å². The molecule has 0 saturated carbocycles. The molecule has 0 atom stereocenters. The second-order valence-electron chi connectivity index (χ2n) is 5.21. The number of carbonyl (C=O) groups is 2. The van der Waals surface area contributed by atoms with Gasteiger partial charge in [-0.2, -0.15) is 5.10 Å². The number of carbonyl (C=O) groups excluding carboxylic acids is 2. The SMILES string of the molecule is C/C(CC(=O)Nc1ccc(C)c(Cl)c1)=N/NC(=O)c1ccncc1. The van der Waals surface area contributed by atoms with Gasteiger partial charge < -0.3 is 5.32 Å². The number of rotatable bonds is 5. The first-order valence-electron chi connectivity index (χ1n) is 7.25. The van der Waals surface area contributed by atoms with Gasteiger partial charge in [-0.25, -0.2) is 5.43 Å².